The Hall–Kier alpha value is -3.64. The van der Waals surface area contributed by atoms with Crippen LogP contribution in [0.3, 0.4) is 0 Å². The highest BCUT2D eigenvalue weighted by atomic mass is 32.1. The zero-order valence-electron chi connectivity index (χ0n) is 20.9. The van der Waals surface area contributed by atoms with Gasteiger partial charge in [-0.25, -0.2) is 0 Å². The molecule has 1 N–H and O–H groups in total. The number of hydrogen-bond acceptors (Lipinski definition) is 3. The van der Waals surface area contributed by atoms with Crippen molar-refractivity contribution in [2.45, 2.75) is 32.9 Å². The molecule has 5 rings (SSSR count). The summed E-state index contributed by atoms with van der Waals surface area (Å²) in [5.74, 6) is 0. The van der Waals surface area contributed by atoms with Gasteiger partial charge in [-0.15, -0.1) is 0 Å². The number of benzene rings is 2. The third-order valence-electron chi connectivity index (χ3n) is 6.79. The van der Waals surface area contributed by atoms with E-state index in [4.69, 9.17) is 17.2 Å². The fourth-order valence-electron chi connectivity index (χ4n) is 5.11. The molecule has 2 aromatic heterocycles. The maximum Gasteiger partial charge on any atom is 0.174 e. The Kier molecular flexibility index (Phi) is 6.07. The van der Waals surface area contributed by atoms with Crippen molar-refractivity contribution in [1.29, 1.82) is 0 Å². The summed E-state index contributed by atoms with van der Waals surface area (Å²) in [5.41, 5.74) is 9.25. The molecule has 0 radical (unpaired) electrons. The number of aromatic nitrogens is 2. The van der Waals surface area contributed by atoms with E-state index in [9.17, 15) is 0 Å². The number of pyridine rings is 1. The van der Waals surface area contributed by atoms with Crippen LogP contribution >= 0.6 is 12.2 Å². The molecule has 178 valence electrons. The van der Waals surface area contributed by atoms with Crippen LogP contribution in [0.25, 0.3) is 5.69 Å². The third kappa shape index (κ3) is 4.19. The lowest BCUT2D eigenvalue weighted by Gasteiger charge is -2.28. The number of nitrogens with one attached hydrogen (secondary N) is 1. The van der Waals surface area contributed by atoms with E-state index in [2.05, 4.69) is 115 Å². The highest BCUT2D eigenvalue weighted by Gasteiger charge is 2.42. The molecule has 0 saturated carbocycles. The first-order chi connectivity index (χ1) is 16.8. The first kappa shape index (κ1) is 23.1. The van der Waals surface area contributed by atoms with E-state index in [0.29, 0.717) is 0 Å². The molecule has 0 spiro atoms. The summed E-state index contributed by atoms with van der Waals surface area (Å²) in [5, 5.41) is 4.30. The maximum atomic E-state index is 5.91. The Morgan fingerprint density at radius 3 is 2.31 bits per heavy atom. The van der Waals surface area contributed by atoms with Crippen molar-refractivity contribution in [2.24, 2.45) is 0 Å². The smallest absolute Gasteiger partial charge is 0.174 e. The van der Waals surface area contributed by atoms with Crippen molar-refractivity contribution in [3.05, 3.63) is 107 Å². The molecule has 1 aliphatic rings. The van der Waals surface area contributed by atoms with Gasteiger partial charge in [0.05, 0.1) is 17.8 Å². The van der Waals surface area contributed by atoms with Gasteiger partial charge in [0.15, 0.2) is 5.11 Å². The van der Waals surface area contributed by atoms with Crippen LogP contribution in [0.1, 0.15) is 40.3 Å². The molecule has 5 nitrogen and oxygen atoms in total. The van der Waals surface area contributed by atoms with Crippen LogP contribution < -0.4 is 15.1 Å². The average Bonchev–Trinajstić information content (AvgIpc) is 3.34. The maximum absolute atomic E-state index is 5.91. The van der Waals surface area contributed by atoms with Gasteiger partial charge in [-0.3, -0.25) is 4.98 Å². The van der Waals surface area contributed by atoms with Crippen molar-refractivity contribution >= 4 is 28.7 Å². The van der Waals surface area contributed by atoms with E-state index < -0.39 is 0 Å². The molecule has 1 aliphatic heterocycles. The predicted octanol–water partition coefficient (Wildman–Crippen LogP) is 6.04. The van der Waals surface area contributed by atoms with Gasteiger partial charge in [-0.1, -0.05) is 18.2 Å². The summed E-state index contributed by atoms with van der Waals surface area (Å²) < 4.78 is 2.33. The number of thiocarbonyl (C=S) groups is 1. The van der Waals surface area contributed by atoms with Gasteiger partial charge in [0.1, 0.15) is 0 Å². The summed E-state index contributed by atoms with van der Waals surface area (Å²) >= 11 is 5.91. The van der Waals surface area contributed by atoms with Crippen LogP contribution in [0.15, 0.2) is 79.0 Å². The Labute approximate surface area is 213 Å². The average molecular weight is 482 g/mol. The van der Waals surface area contributed by atoms with Crippen LogP contribution in [-0.4, -0.2) is 28.8 Å². The topological polar surface area (TPSA) is 36.3 Å². The SMILES string of the molecule is Cc1cccc(N2C(=S)N[C@H](c3ccccn3)[C@H]2c2cc(C)n(-c3ccc(N(C)C)cc3)c2C)c1. The van der Waals surface area contributed by atoms with Crippen molar-refractivity contribution < 1.29 is 0 Å². The molecule has 0 bridgehead atoms. The van der Waals surface area contributed by atoms with E-state index >= 15 is 0 Å². The van der Waals surface area contributed by atoms with Crippen LogP contribution in [0, 0.1) is 20.8 Å². The summed E-state index contributed by atoms with van der Waals surface area (Å²) in [6.45, 7) is 6.49. The molecular formula is C29H31N5S. The normalized spacial score (nSPS) is 17.5. The van der Waals surface area contributed by atoms with Crippen molar-refractivity contribution in [3.63, 3.8) is 0 Å². The van der Waals surface area contributed by atoms with E-state index in [-0.39, 0.29) is 12.1 Å². The number of rotatable bonds is 5. The second kappa shape index (κ2) is 9.19. The van der Waals surface area contributed by atoms with Gasteiger partial charge in [0.2, 0.25) is 0 Å². The molecule has 0 unspecified atom stereocenters. The van der Waals surface area contributed by atoms with Gasteiger partial charge < -0.3 is 19.7 Å². The Morgan fingerprint density at radius 2 is 1.66 bits per heavy atom. The predicted molar refractivity (Wildman–Crippen MR) is 149 cm³/mol. The first-order valence-electron chi connectivity index (χ1n) is 11.9. The fourth-order valence-corrected chi connectivity index (χ4v) is 5.46. The molecule has 0 aliphatic carbocycles. The lowest BCUT2D eigenvalue weighted by molar-refractivity contribution is 0.565. The molecule has 3 heterocycles. The molecule has 2 atom stereocenters. The van der Waals surface area contributed by atoms with Crippen LogP contribution in [0.5, 0.6) is 0 Å². The fraction of sp³-hybridized carbons (Fsp3) is 0.241. The van der Waals surface area contributed by atoms with Gasteiger partial charge in [0, 0.05) is 48.7 Å². The van der Waals surface area contributed by atoms with E-state index in [1.807, 2.05) is 18.3 Å². The number of nitrogens with zero attached hydrogens (tertiary/aromatic N) is 4. The minimum atomic E-state index is -0.0609. The lowest BCUT2D eigenvalue weighted by atomic mass is 9.96. The summed E-state index contributed by atoms with van der Waals surface area (Å²) in [7, 11) is 4.12. The van der Waals surface area contributed by atoms with E-state index in [1.54, 1.807) is 0 Å². The largest absolute Gasteiger partial charge is 0.378 e. The molecule has 1 saturated heterocycles. The minimum Gasteiger partial charge on any atom is -0.378 e. The first-order valence-corrected chi connectivity index (χ1v) is 12.3. The second-order valence-corrected chi connectivity index (χ2v) is 9.80. The second-order valence-electron chi connectivity index (χ2n) is 9.41. The zero-order valence-corrected chi connectivity index (χ0v) is 21.7. The summed E-state index contributed by atoms with van der Waals surface area (Å²) in [6, 6.07) is 25.5. The van der Waals surface area contributed by atoms with Crippen molar-refractivity contribution in [3.8, 4) is 5.69 Å². The minimum absolute atomic E-state index is 0.0276. The molecule has 1 fully saturated rings. The molecular weight excluding hydrogens is 450 g/mol. The molecule has 6 heteroatoms. The Bertz CT molecular complexity index is 1360. The van der Waals surface area contributed by atoms with Crippen LogP contribution in [0.2, 0.25) is 0 Å². The highest BCUT2D eigenvalue weighted by Crippen LogP contribution is 2.43. The molecule has 4 aromatic rings. The van der Waals surface area contributed by atoms with Crippen molar-refractivity contribution in [1.82, 2.24) is 14.9 Å². The number of hydrogen-bond donors (Lipinski definition) is 1. The molecule has 2 aromatic carbocycles. The van der Waals surface area contributed by atoms with Gasteiger partial charge in [-0.2, -0.15) is 0 Å². The molecule has 35 heavy (non-hydrogen) atoms. The summed E-state index contributed by atoms with van der Waals surface area (Å²) in [4.78, 5) is 9.07. The van der Waals surface area contributed by atoms with Gasteiger partial charge in [-0.05, 0) is 98.7 Å². The lowest BCUT2D eigenvalue weighted by Crippen LogP contribution is -2.29. The monoisotopic (exact) mass is 481 g/mol. The van der Waals surface area contributed by atoms with Crippen molar-refractivity contribution in [2.75, 3.05) is 23.9 Å². The van der Waals surface area contributed by atoms with Gasteiger partial charge in [0.25, 0.3) is 0 Å². The standard InChI is InChI=1S/C29H31N5S/c1-19-9-8-10-24(17-19)34-28(27(31-29(34)35)26-11-6-7-16-30-26)25-18-20(2)33(21(25)3)23-14-12-22(13-15-23)32(4)5/h6-18,27-28H,1-5H3,(H,31,35)/t27-,28-/m1/s1. The summed E-state index contributed by atoms with van der Waals surface area (Å²) in [6.07, 6.45) is 1.85. The van der Waals surface area contributed by atoms with E-state index in [1.165, 1.54) is 28.2 Å². The Morgan fingerprint density at radius 1 is 0.886 bits per heavy atom. The van der Waals surface area contributed by atoms with Crippen LogP contribution in [0.4, 0.5) is 11.4 Å². The van der Waals surface area contributed by atoms with Crippen LogP contribution in [-0.2, 0) is 0 Å². The molecule has 0 amide bonds. The quantitative estimate of drug-likeness (QED) is 0.352. The Balaban J connectivity index is 1.65. The highest BCUT2D eigenvalue weighted by molar-refractivity contribution is 7.80. The number of aryl methyl sites for hydroxylation is 2. The third-order valence-corrected chi connectivity index (χ3v) is 7.11. The zero-order chi connectivity index (χ0) is 24.7. The van der Waals surface area contributed by atoms with E-state index in [0.717, 1.165) is 22.2 Å². The van der Waals surface area contributed by atoms with Gasteiger partial charge >= 0.3 is 0 Å². The number of anilines is 2.